The van der Waals surface area contributed by atoms with Gasteiger partial charge in [-0.3, -0.25) is 9.59 Å². The lowest BCUT2D eigenvalue weighted by Crippen LogP contribution is -2.47. The first-order valence-corrected chi connectivity index (χ1v) is 14.0. The first-order chi connectivity index (χ1) is 19.6. The average molecular weight is 544 g/mol. The third-order valence-corrected chi connectivity index (χ3v) is 7.53. The molecule has 210 valence electrons. The molecule has 0 saturated carbocycles. The highest BCUT2D eigenvalue weighted by Gasteiger charge is 2.27. The number of carbonyl (C=O) groups is 2. The summed E-state index contributed by atoms with van der Waals surface area (Å²) in [7, 11) is 1.65. The van der Waals surface area contributed by atoms with Crippen molar-refractivity contribution < 1.29 is 19.1 Å². The normalized spacial score (nSPS) is 17.4. The molecule has 0 aliphatic carbocycles. The van der Waals surface area contributed by atoms with E-state index in [1.807, 2.05) is 71.6 Å². The molecule has 2 aromatic carbocycles. The predicted molar refractivity (Wildman–Crippen MR) is 153 cm³/mol. The van der Waals surface area contributed by atoms with E-state index in [1.54, 1.807) is 12.0 Å². The van der Waals surface area contributed by atoms with Crippen molar-refractivity contribution in [3.63, 3.8) is 0 Å². The van der Waals surface area contributed by atoms with E-state index in [-0.39, 0.29) is 30.9 Å². The molecule has 2 amide bonds. The van der Waals surface area contributed by atoms with Gasteiger partial charge < -0.3 is 24.2 Å². The van der Waals surface area contributed by atoms with Crippen LogP contribution in [-0.4, -0.2) is 90.9 Å². The van der Waals surface area contributed by atoms with Gasteiger partial charge in [-0.2, -0.15) is 0 Å². The average Bonchev–Trinajstić information content (AvgIpc) is 3.38. The van der Waals surface area contributed by atoms with Crippen LogP contribution in [0.5, 0.6) is 5.75 Å². The minimum absolute atomic E-state index is 0.00777. The van der Waals surface area contributed by atoms with Crippen LogP contribution in [0.4, 0.5) is 5.82 Å². The molecule has 3 heterocycles. The number of aromatic nitrogens is 2. The molecule has 3 aromatic rings. The van der Waals surface area contributed by atoms with Crippen LogP contribution < -0.4 is 9.64 Å². The van der Waals surface area contributed by atoms with Gasteiger partial charge in [0.1, 0.15) is 5.75 Å². The van der Waals surface area contributed by atoms with Crippen molar-refractivity contribution in [2.24, 2.45) is 0 Å². The quantitative estimate of drug-likeness (QED) is 0.409. The van der Waals surface area contributed by atoms with Gasteiger partial charge in [-0.05, 0) is 61.2 Å². The van der Waals surface area contributed by atoms with Gasteiger partial charge in [0.25, 0.3) is 0 Å². The maximum Gasteiger partial charge on any atom is 0.242 e. The Morgan fingerprint density at radius 2 is 1.77 bits per heavy atom. The zero-order valence-corrected chi connectivity index (χ0v) is 23.1. The van der Waals surface area contributed by atoms with Gasteiger partial charge in [-0.25, -0.2) is 0 Å². The van der Waals surface area contributed by atoms with Crippen molar-refractivity contribution in [1.29, 1.82) is 0 Å². The van der Waals surface area contributed by atoms with Crippen molar-refractivity contribution in [2.75, 3.05) is 57.9 Å². The van der Waals surface area contributed by atoms with Gasteiger partial charge in [-0.1, -0.05) is 30.3 Å². The minimum atomic E-state index is -0.0428. The number of ether oxygens (including phenoxy) is 2. The van der Waals surface area contributed by atoms with E-state index in [9.17, 15) is 9.59 Å². The van der Waals surface area contributed by atoms with Crippen LogP contribution in [0.15, 0.2) is 66.7 Å². The molecular weight excluding hydrogens is 506 g/mol. The lowest BCUT2D eigenvalue weighted by Gasteiger charge is -2.28. The Kier molecular flexibility index (Phi) is 9.23. The highest BCUT2D eigenvalue weighted by atomic mass is 16.5. The SMILES string of the molecule is COc1ccc(-c2ccc(N3CCCN(C(=O)CN(CC4CCCO4)C(=O)Cc4ccccc4)CC3)nn2)cc1. The standard InChI is InChI=1S/C31H37N5O4/c1-39-26-12-10-25(11-13-26)28-14-15-29(33-32-28)34-16-6-17-35(19-18-34)31(38)23-36(22-27-9-5-20-40-27)30(37)21-24-7-3-2-4-8-24/h2-4,7-8,10-15,27H,5-6,9,16-23H2,1H3. The monoisotopic (exact) mass is 543 g/mol. The van der Waals surface area contributed by atoms with E-state index >= 15 is 0 Å². The molecule has 40 heavy (non-hydrogen) atoms. The zero-order chi connectivity index (χ0) is 27.7. The van der Waals surface area contributed by atoms with Crippen molar-refractivity contribution in [3.8, 4) is 17.0 Å². The number of anilines is 1. The molecule has 0 spiro atoms. The van der Waals surface area contributed by atoms with Crippen molar-refractivity contribution in [1.82, 2.24) is 20.0 Å². The maximum atomic E-state index is 13.4. The number of hydrogen-bond donors (Lipinski definition) is 0. The lowest BCUT2D eigenvalue weighted by molar-refractivity contribution is -0.141. The van der Waals surface area contributed by atoms with Crippen molar-refractivity contribution in [2.45, 2.75) is 31.8 Å². The Morgan fingerprint density at radius 3 is 2.48 bits per heavy atom. The van der Waals surface area contributed by atoms with Gasteiger partial charge in [0, 0.05) is 44.9 Å². The maximum absolute atomic E-state index is 13.4. The molecule has 2 aliphatic rings. The van der Waals surface area contributed by atoms with E-state index in [4.69, 9.17) is 9.47 Å². The van der Waals surface area contributed by atoms with E-state index in [1.165, 1.54) is 0 Å². The summed E-state index contributed by atoms with van der Waals surface area (Å²) in [6, 6.07) is 21.4. The highest BCUT2D eigenvalue weighted by molar-refractivity contribution is 5.86. The minimum Gasteiger partial charge on any atom is -0.497 e. The van der Waals surface area contributed by atoms with Gasteiger partial charge in [-0.15, -0.1) is 10.2 Å². The summed E-state index contributed by atoms with van der Waals surface area (Å²) < 4.78 is 11.0. The molecule has 1 atom stereocenters. The van der Waals surface area contributed by atoms with Crippen LogP contribution >= 0.6 is 0 Å². The molecule has 1 aromatic heterocycles. The third kappa shape index (κ3) is 7.15. The summed E-state index contributed by atoms with van der Waals surface area (Å²) in [6.07, 6.45) is 2.99. The molecule has 2 aliphatic heterocycles. The molecule has 9 heteroatoms. The molecule has 0 radical (unpaired) electrons. The number of methoxy groups -OCH3 is 1. The summed E-state index contributed by atoms with van der Waals surface area (Å²) in [5.74, 6) is 1.53. The van der Waals surface area contributed by atoms with Crippen LogP contribution in [0.3, 0.4) is 0 Å². The number of hydrogen-bond acceptors (Lipinski definition) is 7. The Bertz CT molecular complexity index is 1250. The van der Waals surface area contributed by atoms with E-state index in [2.05, 4.69) is 15.1 Å². The number of rotatable bonds is 9. The zero-order valence-electron chi connectivity index (χ0n) is 23.1. The molecule has 1 unspecified atom stereocenters. The van der Waals surface area contributed by atoms with Crippen molar-refractivity contribution in [3.05, 3.63) is 72.3 Å². The first-order valence-electron chi connectivity index (χ1n) is 14.0. The second-order valence-corrected chi connectivity index (χ2v) is 10.3. The Morgan fingerprint density at radius 1 is 0.950 bits per heavy atom. The topological polar surface area (TPSA) is 88.1 Å². The Hall–Kier alpha value is -3.98. The van der Waals surface area contributed by atoms with E-state index in [0.717, 1.165) is 54.2 Å². The highest BCUT2D eigenvalue weighted by Crippen LogP contribution is 2.22. The number of nitrogens with zero attached hydrogens (tertiary/aromatic N) is 5. The number of benzene rings is 2. The Labute approximate surface area is 235 Å². The molecule has 0 N–H and O–H groups in total. The summed E-state index contributed by atoms with van der Waals surface area (Å²) in [5, 5.41) is 8.91. The molecule has 9 nitrogen and oxygen atoms in total. The van der Waals surface area contributed by atoms with E-state index in [0.29, 0.717) is 32.8 Å². The summed E-state index contributed by atoms with van der Waals surface area (Å²) in [6.45, 7) is 3.90. The molecule has 0 bridgehead atoms. The number of carbonyl (C=O) groups excluding carboxylic acids is 2. The summed E-state index contributed by atoms with van der Waals surface area (Å²) in [5.41, 5.74) is 2.72. The van der Waals surface area contributed by atoms with Gasteiger partial charge >= 0.3 is 0 Å². The third-order valence-electron chi connectivity index (χ3n) is 7.53. The van der Waals surface area contributed by atoms with Crippen LogP contribution in [0, 0.1) is 0 Å². The second-order valence-electron chi connectivity index (χ2n) is 10.3. The van der Waals surface area contributed by atoms with Gasteiger partial charge in [0.05, 0.1) is 31.9 Å². The van der Waals surface area contributed by atoms with E-state index < -0.39 is 0 Å². The lowest BCUT2D eigenvalue weighted by atomic mass is 10.1. The summed E-state index contributed by atoms with van der Waals surface area (Å²) in [4.78, 5) is 32.4. The fourth-order valence-corrected chi connectivity index (χ4v) is 5.24. The fourth-order valence-electron chi connectivity index (χ4n) is 5.24. The molecular formula is C31H37N5O4. The van der Waals surface area contributed by atoms with Gasteiger partial charge in [0.15, 0.2) is 5.82 Å². The number of amides is 2. The van der Waals surface area contributed by atoms with Crippen LogP contribution in [0.1, 0.15) is 24.8 Å². The van der Waals surface area contributed by atoms with Gasteiger partial charge in [0.2, 0.25) is 11.8 Å². The van der Waals surface area contributed by atoms with Crippen LogP contribution in [0.2, 0.25) is 0 Å². The largest absolute Gasteiger partial charge is 0.497 e. The van der Waals surface area contributed by atoms with Crippen molar-refractivity contribution >= 4 is 17.6 Å². The smallest absolute Gasteiger partial charge is 0.242 e. The Balaban J connectivity index is 1.19. The first kappa shape index (κ1) is 27.6. The predicted octanol–water partition coefficient (Wildman–Crippen LogP) is 3.44. The molecule has 2 fully saturated rings. The van der Waals surface area contributed by atoms with Crippen LogP contribution in [0.25, 0.3) is 11.3 Å². The molecule has 2 saturated heterocycles. The summed E-state index contributed by atoms with van der Waals surface area (Å²) >= 11 is 0. The second kappa shape index (κ2) is 13.4. The fraction of sp³-hybridized carbons (Fsp3) is 0.419. The molecule has 5 rings (SSSR count). The van der Waals surface area contributed by atoms with Crippen LogP contribution in [-0.2, 0) is 20.7 Å².